The Morgan fingerprint density at radius 2 is 1.88 bits per heavy atom. The number of sulfonamides is 1. The van der Waals surface area contributed by atoms with Crippen LogP contribution in [0.15, 0.2) is 24.3 Å². The largest absolute Gasteiger partial charge is 0.392 e. The molecule has 0 aliphatic carbocycles. The second-order valence-corrected chi connectivity index (χ2v) is 5.47. The van der Waals surface area contributed by atoms with Crippen molar-refractivity contribution in [2.45, 2.75) is 13.5 Å². The molecule has 0 bridgehead atoms. The predicted octanol–water partition coefficient (Wildman–Crippen LogP) is 0.530. The van der Waals surface area contributed by atoms with Crippen LogP contribution in [0.25, 0.3) is 0 Å². The van der Waals surface area contributed by atoms with Crippen LogP contribution in [0, 0.1) is 0 Å². The average Bonchev–Trinajstić information content (AvgIpc) is 2.30. The Morgan fingerprint density at radius 1 is 1.24 bits per heavy atom. The number of benzene rings is 1. The van der Waals surface area contributed by atoms with E-state index in [9.17, 15) is 8.42 Å². The molecule has 0 amide bonds. The van der Waals surface area contributed by atoms with Crippen molar-refractivity contribution < 1.29 is 13.5 Å². The lowest BCUT2D eigenvalue weighted by Gasteiger charge is -2.08. The Labute approximate surface area is 102 Å². The normalized spacial score (nSPS) is 11.4. The summed E-state index contributed by atoms with van der Waals surface area (Å²) in [5.74, 6) is 0.0442. The first kappa shape index (κ1) is 14.0. The van der Waals surface area contributed by atoms with Crippen LogP contribution < -0.4 is 10.0 Å². The molecule has 1 aromatic carbocycles. The molecule has 6 heteroatoms. The summed E-state index contributed by atoms with van der Waals surface area (Å²) in [4.78, 5) is 0. The first-order valence-corrected chi connectivity index (χ1v) is 7.13. The van der Waals surface area contributed by atoms with Gasteiger partial charge in [-0.1, -0.05) is 19.1 Å². The topological polar surface area (TPSA) is 78.4 Å². The summed E-state index contributed by atoms with van der Waals surface area (Å²) < 4.78 is 25.7. The number of aliphatic hydroxyl groups excluding tert-OH is 1. The van der Waals surface area contributed by atoms with Gasteiger partial charge in [-0.2, -0.15) is 0 Å². The molecule has 17 heavy (non-hydrogen) atoms. The van der Waals surface area contributed by atoms with Gasteiger partial charge in [0.25, 0.3) is 0 Å². The maximum atomic E-state index is 11.6. The summed E-state index contributed by atoms with van der Waals surface area (Å²) in [5, 5.41) is 11.8. The highest BCUT2D eigenvalue weighted by Gasteiger charge is 2.09. The third kappa shape index (κ3) is 5.16. The van der Waals surface area contributed by atoms with Crippen LogP contribution >= 0.6 is 0 Å². The van der Waals surface area contributed by atoms with E-state index in [0.29, 0.717) is 12.2 Å². The third-order valence-electron chi connectivity index (χ3n) is 2.21. The van der Waals surface area contributed by atoms with E-state index in [1.807, 2.05) is 6.92 Å². The lowest BCUT2D eigenvalue weighted by Crippen LogP contribution is -2.26. The first-order chi connectivity index (χ1) is 8.07. The second kappa shape index (κ2) is 6.58. The van der Waals surface area contributed by atoms with E-state index < -0.39 is 10.0 Å². The summed E-state index contributed by atoms with van der Waals surface area (Å²) in [7, 11) is -3.30. The van der Waals surface area contributed by atoms with Crippen molar-refractivity contribution in [3.63, 3.8) is 0 Å². The molecule has 1 rings (SSSR count). The predicted molar refractivity (Wildman–Crippen MR) is 68.3 cm³/mol. The second-order valence-electron chi connectivity index (χ2n) is 3.63. The van der Waals surface area contributed by atoms with Crippen LogP contribution in [-0.4, -0.2) is 32.4 Å². The molecule has 3 N–H and O–H groups in total. The van der Waals surface area contributed by atoms with Crippen LogP contribution in [-0.2, 0) is 16.6 Å². The standard InChI is InChI=1S/C11H18N2O3S/c1-2-12-7-8-17(15,16)13-11-5-3-10(9-14)4-6-11/h3-6,12-14H,2,7-9H2,1H3. The van der Waals surface area contributed by atoms with Gasteiger partial charge in [0, 0.05) is 12.2 Å². The maximum absolute atomic E-state index is 11.6. The number of hydrogen-bond donors (Lipinski definition) is 3. The lowest BCUT2D eigenvalue weighted by molar-refractivity contribution is 0.282. The molecule has 0 unspecified atom stereocenters. The number of aliphatic hydroxyl groups is 1. The molecular weight excluding hydrogens is 240 g/mol. The molecule has 0 fully saturated rings. The van der Waals surface area contributed by atoms with Crippen molar-refractivity contribution >= 4 is 15.7 Å². The Morgan fingerprint density at radius 3 is 2.41 bits per heavy atom. The van der Waals surface area contributed by atoms with Gasteiger partial charge in [0.05, 0.1) is 12.4 Å². The molecule has 0 atom stereocenters. The summed E-state index contributed by atoms with van der Waals surface area (Å²) in [6, 6.07) is 6.64. The summed E-state index contributed by atoms with van der Waals surface area (Å²) in [6.07, 6.45) is 0. The highest BCUT2D eigenvalue weighted by Crippen LogP contribution is 2.11. The first-order valence-electron chi connectivity index (χ1n) is 5.48. The van der Waals surface area contributed by atoms with Crippen LogP contribution in [0.3, 0.4) is 0 Å². The summed E-state index contributed by atoms with van der Waals surface area (Å²) in [5.41, 5.74) is 1.26. The Hall–Kier alpha value is -1.11. The maximum Gasteiger partial charge on any atom is 0.233 e. The SMILES string of the molecule is CCNCCS(=O)(=O)Nc1ccc(CO)cc1. The van der Waals surface area contributed by atoms with Crippen LogP contribution in [0.5, 0.6) is 0 Å². The van der Waals surface area contributed by atoms with Gasteiger partial charge in [-0.3, -0.25) is 4.72 Å². The minimum absolute atomic E-state index is 0.0442. The average molecular weight is 258 g/mol. The van der Waals surface area contributed by atoms with Crippen molar-refractivity contribution in [1.82, 2.24) is 5.32 Å². The van der Waals surface area contributed by atoms with Crippen molar-refractivity contribution in [3.05, 3.63) is 29.8 Å². The quantitative estimate of drug-likeness (QED) is 0.623. The van der Waals surface area contributed by atoms with Gasteiger partial charge < -0.3 is 10.4 Å². The molecule has 0 aromatic heterocycles. The van der Waals surface area contributed by atoms with E-state index in [0.717, 1.165) is 12.1 Å². The fraction of sp³-hybridized carbons (Fsp3) is 0.455. The van der Waals surface area contributed by atoms with E-state index in [-0.39, 0.29) is 12.4 Å². The fourth-order valence-corrected chi connectivity index (χ4v) is 2.30. The Balaban J connectivity index is 2.56. The van der Waals surface area contributed by atoms with Crippen LogP contribution in [0.1, 0.15) is 12.5 Å². The molecule has 0 heterocycles. The van der Waals surface area contributed by atoms with E-state index in [4.69, 9.17) is 5.11 Å². The smallest absolute Gasteiger partial charge is 0.233 e. The molecule has 0 spiro atoms. The number of hydrogen-bond acceptors (Lipinski definition) is 4. The van der Waals surface area contributed by atoms with Gasteiger partial charge >= 0.3 is 0 Å². The Bertz CT molecular complexity index is 429. The van der Waals surface area contributed by atoms with E-state index in [2.05, 4.69) is 10.0 Å². The lowest BCUT2D eigenvalue weighted by atomic mass is 10.2. The molecule has 0 aliphatic heterocycles. The van der Waals surface area contributed by atoms with Gasteiger partial charge in [-0.15, -0.1) is 0 Å². The number of rotatable bonds is 7. The van der Waals surface area contributed by atoms with Crippen LogP contribution in [0.2, 0.25) is 0 Å². The molecular formula is C11H18N2O3S. The number of anilines is 1. The van der Waals surface area contributed by atoms with Gasteiger partial charge in [-0.05, 0) is 24.2 Å². The molecule has 96 valence electrons. The van der Waals surface area contributed by atoms with Crippen LogP contribution in [0.4, 0.5) is 5.69 Å². The molecule has 5 nitrogen and oxygen atoms in total. The molecule has 1 aromatic rings. The highest BCUT2D eigenvalue weighted by atomic mass is 32.2. The zero-order chi connectivity index (χ0) is 12.7. The zero-order valence-corrected chi connectivity index (χ0v) is 10.6. The summed E-state index contributed by atoms with van der Waals surface area (Å²) in [6.45, 7) is 3.06. The molecule has 0 saturated carbocycles. The molecule has 0 saturated heterocycles. The zero-order valence-electron chi connectivity index (χ0n) is 9.81. The molecule has 0 radical (unpaired) electrons. The van der Waals surface area contributed by atoms with Gasteiger partial charge in [0.15, 0.2) is 0 Å². The van der Waals surface area contributed by atoms with Gasteiger partial charge in [-0.25, -0.2) is 8.42 Å². The highest BCUT2D eigenvalue weighted by molar-refractivity contribution is 7.92. The minimum atomic E-state index is -3.30. The number of nitrogens with one attached hydrogen (secondary N) is 2. The minimum Gasteiger partial charge on any atom is -0.392 e. The van der Waals surface area contributed by atoms with Gasteiger partial charge in [0.1, 0.15) is 0 Å². The molecule has 0 aliphatic rings. The summed E-state index contributed by atoms with van der Waals surface area (Å²) >= 11 is 0. The Kier molecular flexibility index (Phi) is 5.40. The van der Waals surface area contributed by atoms with Crippen molar-refractivity contribution in [1.29, 1.82) is 0 Å². The van der Waals surface area contributed by atoms with E-state index in [1.165, 1.54) is 0 Å². The van der Waals surface area contributed by atoms with Crippen molar-refractivity contribution in [2.24, 2.45) is 0 Å². The van der Waals surface area contributed by atoms with Crippen molar-refractivity contribution in [3.8, 4) is 0 Å². The van der Waals surface area contributed by atoms with Crippen molar-refractivity contribution in [2.75, 3.05) is 23.6 Å². The van der Waals surface area contributed by atoms with Gasteiger partial charge in [0.2, 0.25) is 10.0 Å². The third-order valence-corrected chi connectivity index (χ3v) is 3.50. The van der Waals surface area contributed by atoms with E-state index >= 15 is 0 Å². The monoisotopic (exact) mass is 258 g/mol. The fourth-order valence-electron chi connectivity index (χ4n) is 1.29. The van der Waals surface area contributed by atoms with E-state index in [1.54, 1.807) is 24.3 Å².